The van der Waals surface area contributed by atoms with E-state index in [0.717, 1.165) is 11.9 Å². The largest absolute Gasteiger partial charge is 0.319 e. The fraction of sp³-hybridized carbons (Fsp3) is 0.333. The maximum atomic E-state index is 14.4. The van der Waals surface area contributed by atoms with Crippen molar-refractivity contribution in [2.45, 2.75) is 40.2 Å². The van der Waals surface area contributed by atoms with Gasteiger partial charge in [0.2, 0.25) is 0 Å². The topological polar surface area (TPSA) is 76.5 Å². The Kier molecular flexibility index (Phi) is 4.86. The molecule has 1 N–H and O–H groups in total. The molecule has 0 saturated heterocycles. The van der Waals surface area contributed by atoms with Crippen molar-refractivity contribution >= 4 is 22.2 Å². The second-order valence-corrected chi connectivity index (χ2v) is 7.46. The Morgan fingerprint density at radius 3 is 2.62 bits per heavy atom. The lowest BCUT2D eigenvalue weighted by atomic mass is 10.0. The Morgan fingerprint density at radius 1 is 1.14 bits per heavy atom. The molecule has 4 aromatic rings. The summed E-state index contributed by atoms with van der Waals surface area (Å²) in [7, 11) is 0. The van der Waals surface area contributed by atoms with Gasteiger partial charge in [0, 0.05) is 29.8 Å². The Bertz CT molecular complexity index is 1280. The highest BCUT2D eigenvalue weighted by Gasteiger charge is 2.20. The number of halogens is 2. The van der Waals surface area contributed by atoms with E-state index in [0.29, 0.717) is 46.6 Å². The van der Waals surface area contributed by atoms with E-state index >= 15 is 0 Å². The Labute approximate surface area is 165 Å². The van der Waals surface area contributed by atoms with Crippen LogP contribution in [0.25, 0.3) is 22.2 Å². The van der Waals surface area contributed by atoms with Crippen LogP contribution in [0, 0.1) is 17.6 Å². The normalized spacial score (nSPS) is 11.8. The van der Waals surface area contributed by atoms with E-state index in [1.165, 1.54) is 6.07 Å². The number of hydrogen-bond acceptors (Lipinski definition) is 4. The molecular formula is C21H21F2N5O. The van der Waals surface area contributed by atoms with Gasteiger partial charge in [-0.25, -0.2) is 23.7 Å². The highest BCUT2D eigenvalue weighted by atomic mass is 19.2. The lowest BCUT2D eigenvalue weighted by Crippen LogP contribution is -2.19. The van der Waals surface area contributed by atoms with Crippen molar-refractivity contribution in [2.75, 3.05) is 0 Å². The molecule has 0 aliphatic heterocycles. The first-order chi connectivity index (χ1) is 13.9. The number of nitrogens with zero attached hydrogens (tertiary/aromatic N) is 4. The molecule has 0 atom stereocenters. The Hall–Kier alpha value is -3.16. The zero-order valence-electron chi connectivity index (χ0n) is 16.5. The number of rotatable bonds is 5. The van der Waals surface area contributed by atoms with Crippen molar-refractivity contribution in [3.8, 4) is 0 Å². The molecule has 0 aliphatic carbocycles. The van der Waals surface area contributed by atoms with Crippen LogP contribution in [-0.2, 0) is 19.4 Å². The fourth-order valence-corrected chi connectivity index (χ4v) is 3.71. The number of imidazole rings is 1. The number of hydrogen-bond donors (Lipinski definition) is 1. The zero-order valence-corrected chi connectivity index (χ0v) is 16.5. The van der Waals surface area contributed by atoms with Crippen LogP contribution in [-0.4, -0.2) is 24.5 Å². The maximum Gasteiger partial charge on any atom is 0.252 e. The third kappa shape index (κ3) is 3.28. The van der Waals surface area contributed by atoms with Gasteiger partial charge in [-0.05, 0) is 30.0 Å². The molecule has 3 aromatic heterocycles. The molecular weight excluding hydrogens is 376 g/mol. The minimum atomic E-state index is -1.05. The van der Waals surface area contributed by atoms with Crippen LogP contribution in [0.15, 0.2) is 29.3 Å². The molecule has 0 amide bonds. The molecule has 6 nitrogen and oxygen atoms in total. The summed E-state index contributed by atoms with van der Waals surface area (Å²) in [4.78, 5) is 28.4. The highest BCUT2D eigenvalue weighted by Crippen LogP contribution is 2.26. The summed E-state index contributed by atoms with van der Waals surface area (Å²) >= 11 is 0. The molecule has 3 heterocycles. The molecule has 0 aliphatic rings. The van der Waals surface area contributed by atoms with Gasteiger partial charge in [0.1, 0.15) is 5.82 Å². The van der Waals surface area contributed by atoms with E-state index in [-0.39, 0.29) is 12.1 Å². The van der Waals surface area contributed by atoms with Gasteiger partial charge in [0.05, 0.1) is 12.1 Å². The average Bonchev–Trinajstić information content (AvgIpc) is 3.02. The van der Waals surface area contributed by atoms with Gasteiger partial charge in [-0.2, -0.15) is 0 Å². The van der Waals surface area contributed by atoms with Gasteiger partial charge in [0.15, 0.2) is 22.9 Å². The predicted molar refractivity (Wildman–Crippen MR) is 107 cm³/mol. The minimum absolute atomic E-state index is 0.122. The minimum Gasteiger partial charge on any atom is -0.319 e. The van der Waals surface area contributed by atoms with Crippen LogP contribution in [0.1, 0.15) is 37.7 Å². The first-order valence-corrected chi connectivity index (χ1v) is 9.58. The van der Waals surface area contributed by atoms with E-state index in [1.807, 2.05) is 11.5 Å². The first-order valence-electron chi connectivity index (χ1n) is 9.58. The van der Waals surface area contributed by atoms with Crippen molar-refractivity contribution in [1.82, 2.24) is 24.5 Å². The second kappa shape index (κ2) is 7.35. The number of nitrogens with one attached hydrogen (secondary N) is 1. The molecule has 150 valence electrons. The van der Waals surface area contributed by atoms with Crippen LogP contribution in [0.4, 0.5) is 8.78 Å². The van der Waals surface area contributed by atoms with Crippen LogP contribution < -0.4 is 5.56 Å². The molecule has 4 rings (SSSR count). The summed E-state index contributed by atoms with van der Waals surface area (Å²) in [6, 6.07) is 2.59. The quantitative estimate of drug-likeness (QED) is 0.556. The summed E-state index contributed by atoms with van der Waals surface area (Å²) in [5.74, 6) is -0.915. The summed E-state index contributed by atoms with van der Waals surface area (Å²) in [5, 5.41) is 0.474. The monoisotopic (exact) mass is 397 g/mol. The molecule has 0 unspecified atom stereocenters. The number of aromatic nitrogens is 5. The summed E-state index contributed by atoms with van der Waals surface area (Å²) in [6.45, 7) is 6.30. The molecule has 0 radical (unpaired) electrons. The van der Waals surface area contributed by atoms with Gasteiger partial charge in [0.25, 0.3) is 5.56 Å². The van der Waals surface area contributed by atoms with E-state index in [4.69, 9.17) is 0 Å². The third-order valence-corrected chi connectivity index (χ3v) is 5.02. The summed E-state index contributed by atoms with van der Waals surface area (Å²) in [5.41, 5.74) is 1.75. The third-order valence-electron chi connectivity index (χ3n) is 5.02. The molecule has 0 bridgehead atoms. The van der Waals surface area contributed by atoms with Crippen molar-refractivity contribution in [1.29, 1.82) is 0 Å². The van der Waals surface area contributed by atoms with Crippen molar-refractivity contribution in [3.05, 3.63) is 63.5 Å². The van der Waals surface area contributed by atoms with E-state index in [2.05, 4.69) is 33.8 Å². The van der Waals surface area contributed by atoms with E-state index < -0.39 is 17.2 Å². The van der Waals surface area contributed by atoms with E-state index in [9.17, 15) is 13.6 Å². The molecule has 29 heavy (non-hydrogen) atoms. The second-order valence-electron chi connectivity index (χ2n) is 7.46. The molecule has 0 saturated carbocycles. The van der Waals surface area contributed by atoms with Crippen molar-refractivity contribution < 1.29 is 8.78 Å². The molecule has 0 spiro atoms. The molecule has 1 aromatic carbocycles. The van der Waals surface area contributed by atoms with Crippen molar-refractivity contribution in [3.63, 3.8) is 0 Å². The number of fused-ring (bicyclic) bond motifs is 2. The number of pyridine rings is 1. The van der Waals surface area contributed by atoms with Crippen LogP contribution in [0.5, 0.6) is 0 Å². The summed E-state index contributed by atoms with van der Waals surface area (Å²) < 4.78 is 30.1. The van der Waals surface area contributed by atoms with Crippen LogP contribution >= 0.6 is 0 Å². The highest BCUT2D eigenvalue weighted by molar-refractivity contribution is 5.84. The van der Waals surface area contributed by atoms with Gasteiger partial charge in [-0.3, -0.25) is 4.79 Å². The van der Waals surface area contributed by atoms with Gasteiger partial charge < -0.3 is 9.55 Å². The maximum absolute atomic E-state index is 14.4. The average molecular weight is 397 g/mol. The lowest BCUT2D eigenvalue weighted by molar-refractivity contribution is 0.515. The number of H-pyrrole nitrogens is 1. The Morgan fingerprint density at radius 2 is 1.90 bits per heavy atom. The predicted octanol–water partition coefficient (Wildman–Crippen LogP) is 3.76. The van der Waals surface area contributed by atoms with Crippen LogP contribution in [0.3, 0.4) is 0 Å². The van der Waals surface area contributed by atoms with Gasteiger partial charge in [-0.1, -0.05) is 20.8 Å². The summed E-state index contributed by atoms with van der Waals surface area (Å²) in [6.07, 6.45) is 4.32. The fourth-order valence-electron chi connectivity index (χ4n) is 3.71. The van der Waals surface area contributed by atoms with Crippen LogP contribution in [0.2, 0.25) is 0 Å². The molecule has 0 fully saturated rings. The van der Waals surface area contributed by atoms with Gasteiger partial charge in [-0.15, -0.1) is 0 Å². The number of aromatic amines is 1. The zero-order chi connectivity index (χ0) is 20.7. The standard InChI is InChI=1S/C21H21F2N5O/c1-4-12-14(13-5-6-15(22)17(23)18(13)27-21(12)29)10-28-16(9-11(2)3)26-19-20(28)25-8-7-24-19/h5-8,11H,4,9-10H2,1-3H3,(H,27,29). The SMILES string of the molecule is CCc1c(Cn2c(CC(C)C)nc3nccnc32)c2ccc(F)c(F)c2[nH]c1=O. The number of benzene rings is 1. The Balaban J connectivity index is 2.00. The van der Waals surface area contributed by atoms with Gasteiger partial charge >= 0.3 is 0 Å². The molecule has 8 heteroatoms. The van der Waals surface area contributed by atoms with Crippen molar-refractivity contribution in [2.24, 2.45) is 5.92 Å². The lowest BCUT2D eigenvalue weighted by Gasteiger charge is -2.15. The first kappa shape index (κ1) is 19.2. The van der Waals surface area contributed by atoms with E-state index in [1.54, 1.807) is 12.4 Å². The smallest absolute Gasteiger partial charge is 0.252 e.